The van der Waals surface area contributed by atoms with E-state index in [2.05, 4.69) is 25.3 Å². The normalized spacial score (nSPS) is 11.0. The molecule has 0 saturated carbocycles. The first kappa shape index (κ1) is 18.3. The smallest absolute Gasteiger partial charge is 0.316 e. The van der Waals surface area contributed by atoms with Crippen LogP contribution in [0.5, 0.6) is 0 Å². The predicted molar refractivity (Wildman–Crippen MR) is 89.5 cm³/mol. The number of benzene rings is 2. The van der Waals surface area contributed by atoms with Crippen molar-refractivity contribution in [2.24, 2.45) is 16.0 Å². The van der Waals surface area contributed by atoms with Gasteiger partial charge in [0.15, 0.2) is 0 Å². The van der Waals surface area contributed by atoms with Crippen molar-refractivity contribution in [1.29, 1.82) is 0 Å². The third kappa shape index (κ3) is 5.51. The number of primary amides is 1. The summed E-state index contributed by atoms with van der Waals surface area (Å²) < 4.78 is 0. The molecule has 0 heterocycles. The molecule has 0 spiro atoms. The SMILES string of the molecule is NC(=O)Nc1cc(N)ccc1N=Nc1cc(COO)cc(COO)c1. The highest BCUT2D eigenvalue weighted by Gasteiger charge is 2.06. The third-order valence-corrected chi connectivity index (χ3v) is 3.05. The summed E-state index contributed by atoms with van der Waals surface area (Å²) in [4.78, 5) is 19.3. The number of carbonyl (C=O) groups is 1. The zero-order chi connectivity index (χ0) is 18.2. The molecule has 2 amide bonds. The fourth-order valence-corrected chi connectivity index (χ4v) is 2.10. The molecule has 0 aromatic heterocycles. The van der Waals surface area contributed by atoms with E-state index < -0.39 is 6.03 Å². The summed E-state index contributed by atoms with van der Waals surface area (Å²) in [5.74, 6) is 0. The fourth-order valence-electron chi connectivity index (χ4n) is 2.10. The Morgan fingerprint density at radius 3 is 2.24 bits per heavy atom. The number of azo groups is 1. The Balaban J connectivity index is 2.33. The fraction of sp³-hybridized carbons (Fsp3) is 0.133. The molecule has 0 atom stereocenters. The Labute approximate surface area is 142 Å². The molecule has 0 saturated heterocycles. The van der Waals surface area contributed by atoms with Gasteiger partial charge in [-0.05, 0) is 41.5 Å². The van der Waals surface area contributed by atoms with Crippen LogP contribution >= 0.6 is 0 Å². The molecule has 0 radical (unpaired) electrons. The highest BCUT2D eigenvalue weighted by Crippen LogP contribution is 2.29. The predicted octanol–water partition coefficient (Wildman–Crippen LogP) is 3.15. The zero-order valence-corrected chi connectivity index (χ0v) is 13.0. The number of rotatable bonds is 7. The molecule has 0 unspecified atom stereocenters. The van der Waals surface area contributed by atoms with Gasteiger partial charge >= 0.3 is 6.03 Å². The maximum atomic E-state index is 11.1. The lowest BCUT2D eigenvalue weighted by Crippen LogP contribution is -2.19. The number of nitrogens with one attached hydrogen (secondary N) is 1. The summed E-state index contributed by atoms with van der Waals surface area (Å²) in [5, 5.41) is 27.7. The van der Waals surface area contributed by atoms with Crippen molar-refractivity contribution < 1.29 is 25.1 Å². The summed E-state index contributed by atoms with van der Waals surface area (Å²) in [6.45, 7) is -0.143. The van der Waals surface area contributed by atoms with Crippen LogP contribution in [0.1, 0.15) is 11.1 Å². The van der Waals surface area contributed by atoms with E-state index in [0.717, 1.165) is 0 Å². The minimum Gasteiger partial charge on any atom is -0.399 e. The van der Waals surface area contributed by atoms with Gasteiger partial charge in [0.1, 0.15) is 18.9 Å². The van der Waals surface area contributed by atoms with Gasteiger partial charge in [0.2, 0.25) is 0 Å². The van der Waals surface area contributed by atoms with Gasteiger partial charge < -0.3 is 16.8 Å². The van der Waals surface area contributed by atoms with Gasteiger partial charge in [0.25, 0.3) is 0 Å². The van der Waals surface area contributed by atoms with Gasteiger partial charge in [0.05, 0.1) is 11.4 Å². The molecule has 2 aromatic rings. The molecule has 0 fully saturated rings. The molecular weight excluding hydrogens is 330 g/mol. The van der Waals surface area contributed by atoms with Crippen LogP contribution in [-0.2, 0) is 23.0 Å². The first-order valence-corrected chi connectivity index (χ1v) is 7.05. The number of hydrogen-bond donors (Lipinski definition) is 5. The average molecular weight is 347 g/mol. The largest absolute Gasteiger partial charge is 0.399 e. The Morgan fingerprint density at radius 2 is 1.68 bits per heavy atom. The minimum atomic E-state index is -0.758. The lowest BCUT2D eigenvalue weighted by Gasteiger charge is -2.07. The van der Waals surface area contributed by atoms with Crippen LogP contribution in [-0.4, -0.2) is 16.5 Å². The van der Waals surface area contributed by atoms with Crippen molar-refractivity contribution >= 4 is 28.8 Å². The van der Waals surface area contributed by atoms with E-state index >= 15 is 0 Å². The second kappa shape index (κ2) is 8.70. The number of hydrogen-bond acceptors (Lipinski definition) is 8. The number of carbonyl (C=O) groups excluding carboxylic acids is 1. The van der Waals surface area contributed by atoms with Crippen LogP contribution in [0.2, 0.25) is 0 Å². The molecule has 10 heteroatoms. The van der Waals surface area contributed by atoms with Crippen molar-refractivity contribution in [3.05, 3.63) is 47.5 Å². The van der Waals surface area contributed by atoms with E-state index in [-0.39, 0.29) is 13.2 Å². The van der Waals surface area contributed by atoms with E-state index in [9.17, 15) is 4.79 Å². The molecular formula is C15H17N5O5. The maximum absolute atomic E-state index is 11.1. The summed E-state index contributed by atoms with van der Waals surface area (Å²) in [6, 6.07) is 8.82. The highest BCUT2D eigenvalue weighted by atomic mass is 17.1. The van der Waals surface area contributed by atoms with E-state index in [0.29, 0.717) is 33.9 Å². The molecule has 2 rings (SSSR count). The van der Waals surface area contributed by atoms with E-state index in [1.807, 2.05) is 0 Å². The van der Waals surface area contributed by atoms with Gasteiger partial charge in [-0.3, -0.25) is 10.5 Å². The summed E-state index contributed by atoms with van der Waals surface area (Å²) in [5.41, 5.74) is 13.5. The molecule has 0 aliphatic rings. The molecule has 0 bridgehead atoms. The quantitative estimate of drug-likeness (QED) is 0.223. The van der Waals surface area contributed by atoms with Crippen molar-refractivity contribution in [3.8, 4) is 0 Å². The van der Waals surface area contributed by atoms with Crippen molar-refractivity contribution in [2.75, 3.05) is 11.1 Å². The number of urea groups is 1. The zero-order valence-electron chi connectivity index (χ0n) is 13.0. The Hall–Kier alpha value is -3.05. The standard InChI is InChI=1S/C15H17N5O5/c16-11-1-2-13(14(6-11)18-15(17)21)20-19-12-4-9(7-24-22)3-10(5-12)8-25-23/h1-6,22-23H,7-8,16H2,(H3,17,18,21). The summed E-state index contributed by atoms with van der Waals surface area (Å²) in [6.07, 6.45) is 0. The van der Waals surface area contributed by atoms with Crippen LogP contribution in [0.25, 0.3) is 0 Å². The van der Waals surface area contributed by atoms with Gasteiger partial charge in [-0.1, -0.05) is 6.07 Å². The first-order chi connectivity index (χ1) is 12.0. The topological polar surface area (TPSA) is 165 Å². The van der Waals surface area contributed by atoms with Crippen LogP contribution < -0.4 is 16.8 Å². The van der Waals surface area contributed by atoms with E-state index in [1.54, 1.807) is 30.3 Å². The van der Waals surface area contributed by atoms with Crippen molar-refractivity contribution in [1.82, 2.24) is 0 Å². The minimum absolute atomic E-state index is 0.0713. The molecule has 25 heavy (non-hydrogen) atoms. The number of amides is 2. The number of anilines is 2. The van der Waals surface area contributed by atoms with Crippen LogP contribution in [0.15, 0.2) is 46.6 Å². The molecule has 132 valence electrons. The summed E-state index contributed by atoms with van der Waals surface area (Å²) >= 11 is 0. The van der Waals surface area contributed by atoms with Gasteiger partial charge in [0, 0.05) is 5.69 Å². The van der Waals surface area contributed by atoms with Crippen molar-refractivity contribution in [3.63, 3.8) is 0 Å². The summed E-state index contributed by atoms with van der Waals surface area (Å²) in [7, 11) is 0. The molecule has 7 N–H and O–H groups in total. The molecule has 2 aromatic carbocycles. The van der Waals surface area contributed by atoms with E-state index in [1.165, 1.54) is 6.07 Å². The number of nitrogens with two attached hydrogens (primary N) is 2. The molecule has 0 aliphatic heterocycles. The molecule has 10 nitrogen and oxygen atoms in total. The van der Waals surface area contributed by atoms with Crippen LogP contribution in [0, 0.1) is 0 Å². The van der Waals surface area contributed by atoms with Crippen LogP contribution in [0.3, 0.4) is 0 Å². The highest BCUT2D eigenvalue weighted by molar-refractivity contribution is 5.92. The first-order valence-electron chi connectivity index (χ1n) is 7.05. The maximum Gasteiger partial charge on any atom is 0.316 e. The number of nitrogen functional groups attached to an aromatic ring is 1. The second-order valence-corrected chi connectivity index (χ2v) is 5.02. The van der Waals surface area contributed by atoms with E-state index in [4.69, 9.17) is 22.0 Å². The lowest BCUT2D eigenvalue weighted by molar-refractivity contribution is -0.254. The Kier molecular flexibility index (Phi) is 6.37. The monoisotopic (exact) mass is 347 g/mol. The number of nitrogens with zero attached hydrogens (tertiary/aromatic N) is 2. The Morgan fingerprint density at radius 1 is 1.04 bits per heavy atom. The third-order valence-electron chi connectivity index (χ3n) is 3.05. The van der Waals surface area contributed by atoms with Crippen LogP contribution in [0.4, 0.5) is 27.5 Å². The Bertz CT molecular complexity index is 757. The second-order valence-electron chi connectivity index (χ2n) is 5.02. The van der Waals surface area contributed by atoms with Gasteiger partial charge in [-0.25, -0.2) is 14.6 Å². The molecule has 0 aliphatic carbocycles. The van der Waals surface area contributed by atoms with Crippen molar-refractivity contribution in [2.45, 2.75) is 13.2 Å². The average Bonchev–Trinajstić information content (AvgIpc) is 2.54. The van der Waals surface area contributed by atoms with Gasteiger partial charge in [-0.2, -0.15) is 5.11 Å². The van der Waals surface area contributed by atoms with Gasteiger partial charge in [-0.15, -0.1) is 5.11 Å². The lowest BCUT2D eigenvalue weighted by atomic mass is 10.1.